The molecule has 0 fully saturated rings. The maximum Gasteiger partial charge on any atom is 0.120 e. The molecule has 0 aromatic heterocycles. The summed E-state index contributed by atoms with van der Waals surface area (Å²) in [7, 11) is 57.0. The number of allylic oxidation sites excluding steroid dienone is 2. The summed E-state index contributed by atoms with van der Waals surface area (Å²) in [6.07, 6.45) is 5.72. The Morgan fingerprint density at radius 1 is 0.709 bits per heavy atom. The first kappa shape index (κ1) is 67.2. The molecule has 0 saturated carbocycles. The highest BCUT2D eigenvalue weighted by molar-refractivity contribution is 9.19. The molecule has 0 aliphatic heterocycles. The highest BCUT2D eigenvalue weighted by atomic mass is 33.2. The van der Waals surface area contributed by atoms with Crippen LogP contribution in [0.1, 0.15) is 41.0 Å². The van der Waals surface area contributed by atoms with E-state index in [-0.39, 0.29) is 91.5 Å². The Morgan fingerprint density at radius 3 is 1.60 bits per heavy atom. The lowest BCUT2D eigenvalue weighted by Gasteiger charge is -2.44. The van der Waals surface area contributed by atoms with Crippen LogP contribution in [0.4, 0.5) is 0 Å². The molecule has 0 spiro atoms. The summed E-state index contributed by atoms with van der Waals surface area (Å²) in [6, 6.07) is 0. The summed E-state index contributed by atoms with van der Waals surface area (Å²) in [5, 5.41) is 0. The highest BCUT2D eigenvalue weighted by Gasteiger charge is 2.43. The van der Waals surface area contributed by atoms with Gasteiger partial charge in [0.05, 0.1) is 40.9 Å². The molecular weight excluding hydrogens is 1340 g/mol. The average molecular weight is 1400 g/mol. The Bertz CT molecular complexity index is 1160. The van der Waals surface area contributed by atoms with E-state index in [0.29, 0.717) is 0 Å². The summed E-state index contributed by atoms with van der Waals surface area (Å²) < 4.78 is 29.2. The molecule has 55 heavy (non-hydrogen) atoms. The van der Waals surface area contributed by atoms with Crippen LogP contribution in [0.3, 0.4) is 0 Å². The number of rotatable bonds is 24. The van der Waals surface area contributed by atoms with Gasteiger partial charge < -0.3 is 18.1 Å². The van der Waals surface area contributed by atoms with E-state index >= 15 is 0 Å². The van der Waals surface area contributed by atoms with E-state index in [1.54, 1.807) is 0 Å². The Labute approximate surface area is 398 Å². The summed E-state index contributed by atoms with van der Waals surface area (Å²) >= 11 is 0. The van der Waals surface area contributed by atoms with Gasteiger partial charge in [-0.05, 0) is 92.2 Å². The van der Waals surface area contributed by atoms with Gasteiger partial charge in [0.25, 0.3) is 0 Å². The molecular formula is C16H63O4P35. The van der Waals surface area contributed by atoms with Crippen molar-refractivity contribution in [3.8, 4) is 0 Å². The lowest BCUT2D eigenvalue weighted by atomic mass is 9.69. The van der Waals surface area contributed by atoms with Gasteiger partial charge in [0, 0.05) is 33.9 Å². The van der Waals surface area contributed by atoms with Gasteiger partial charge in [-0.15, -0.1) is 134 Å². The topological polar surface area (TPSA) is 36.9 Å². The van der Waals surface area contributed by atoms with Crippen molar-refractivity contribution in [3.63, 3.8) is 0 Å². The van der Waals surface area contributed by atoms with Gasteiger partial charge in [0.2, 0.25) is 0 Å². The van der Waals surface area contributed by atoms with Crippen LogP contribution in [0, 0.1) is 17.3 Å². The van der Waals surface area contributed by atoms with E-state index < -0.39 is 51.1 Å². The second kappa shape index (κ2) is 34.7. The van der Waals surface area contributed by atoms with Crippen LogP contribution in [0.25, 0.3) is 0 Å². The zero-order valence-corrected chi connectivity index (χ0v) is 67.4. The van der Waals surface area contributed by atoms with E-state index in [0.717, 1.165) is 20.1 Å². The second-order valence-electron chi connectivity index (χ2n) is 12.1. The van der Waals surface area contributed by atoms with Crippen LogP contribution >= 0.6 is 285 Å². The summed E-state index contributed by atoms with van der Waals surface area (Å²) in [6.45, 7) is 8.18. The van der Waals surface area contributed by atoms with Gasteiger partial charge in [-0.3, -0.25) is 0 Å². The third kappa shape index (κ3) is 24.2. The zero-order valence-electron chi connectivity index (χ0n) is 31.1. The van der Waals surface area contributed by atoms with E-state index in [1.807, 2.05) is 0 Å². The van der Waals surface area contributed by atoms with Crippen molar-refractivity contribution in [2.24, 2.45) is 17.3 Å². The van der Waals surface area contributed by atoms with Crippen LogP contribution < -0.4 is 0 Å². The molecule has 39 heteroatoms. The average Bonchev–Trinajstić information content (AvgIpc) is 3.03. The quantitative estimate of drug-likeness (QED) is 0.0548. The maximum atomic E-state index is 7.49. The molecule has 1 rings (SSSR count). The van der Waals surface area contributed by atoms with Crippen molar-refractivity contribution in [1.82, 2.24) is 0 Å². The van der Waals surface area contributed by atoms with Crippen LogP contribution in [-0.4, -0.2) is 18.3 Å². The Morgan fingerprint density at radius 2 is 1.20 bits per heavy atom. The monoisotopic (exact) mass is 1400 g/mol. The highest BCUT2D eigenvalue weighted by Crippen LogP contribution is 3.18. The predicted octanol–water partition coefficient (Wildman–Crippen LogP) is 23.2. The van der Waals surface area contributed by atoms with Crippen LogP contribution in [0.2, 0.25) is 0 Å². The Kier molecular flexibility index (Phi) is 42.4. The lowest BCUT2D eigenvalue weighted by molar-refractivity contribution is 0.0521. The molecule has 0 saturated heterocycles. The predicted molar refractivity (Wildman–Crippen MR) is 371 cm³/mol. The third-order valence-corrected chi connectivity index (χ3v) is 167. The maximum absolute atomic E-state index is 7.49. The fourth-order valence-corrected chi connectivity index (χ4v) is 212. The minimum atomic E-state index is -0.834. The fraction of sp³-hybridized carbons (Fsp3) is 0.750. The van der Waals surface area contributed by atoms with Crippen molar-refractivity contribution in [2.45, 2.75) is 59.4 Å². The molecule has 1 aliphatic rings. The molecule has 0 N–H and O–H groups in total. The molecule has 0 heterocycles. The van der Waals surface area contributed by atoms with Gasteiger partial charge in [-0.2, -0.15) is 0 Å². The molecule has 0 amide bonds. The van der Waals surface area contributed by atoms with Crippen LogP contribution in [-0.2, 0) is 18.1 Å². The van der Waals surface area contributed by atoms with Crippen molar-refractivity contribution in [2.75, 3.05) is 0 Å². The lowest BCUT2D eigenvalue weighted by Crippen LogP contribution is -2.35. The molecule has 1 aliphatic carbocycles. The molecule has 31 atom stereocenters. The first-order valence-corrected chi connectivity index (χ1v) is 75.5. The van der Waals surface area contributed by atoms with Gasteiger partial charge in [-0.25, -0.2) is 0 Å². The smallest absolute Gasteiger partial charge is 0.120 e. The Hall–Kier alpha value is 14.2. The van der Waals surface area contributed by atoms with Gasteiger partial charge >= 0.3 is 0 Å². The second-order valence-corrected chi connectivity index (χ2v) is 133. The zero-order chi connectivity index (χ0) is 42.9. The van der Waals surface area contributed by atoms with Crippen molar-refractivity contribution in [1.29, 1.82) is 0 Å². The standard InChI is InChI=1S/C16H63O4P35/c1-9-8-16(4,5)12(6-13(9)19-44(53(39)48(30)31)55(50(34)35)51(36)37)7-14(18-41(22)23)10(2)15(20-42(45(24)25)52(38)47(28)29)11(3)17-43(46(26)27)54(40-21)49(32)33/h7-8,10-13,15,40H,6,21-39H2,1-5H3/b14-7+/t10-,11+,12?,13-,15+,42?,43?,44?,52?,53?,54?/m0/s1. The van der Waals surface area contributed by atoms with E-state index in [9.17, 15) is 0 Å². The van der Waals surface area contributed by atoms with Crippen molar-refractivity contribution in [3.05, 3.63) is 23.5 Å². The van der Waals surface area contributed by atoms with Crippen LogP contribution in [0.5, 0.6) is 0 Å². The SMILES string of the molecule is CC1=CC(C)(C)C(/C=C(/OP(P)P)[C@H](C)[C@@H](OP(P(P)P)P(P)P(P)P)[C@@H](C)OP(P(P)P)P(PP)P(P)P)C[C@@H]1OP(P(P)P(P)P)P(P(P)P)P(P)P. The minimum Gasteiger partial charge on any atom is -0.471 e. The third-order valence-electron chi connectivity index (χ3n) is 7.49. The molecule has 326 valence electrons. The number of hydrogen-bond acceptors (Lipinski definition) is 4. The molecule has 0 aromatic rings. The summed E-state index contributed by atoms with van der Waals surface area (Å²) in [5.74, 6) is 1.24. The van der Waals surface area contributed by atoms with Crippen LogP contribution in [0.15, 0.2) is 23.5 Å². The van der Waals surface area contributed by atoms with E-state index in [4.69, 9.17) is 18.1 Å². The first-order valence-electron chi connectivity index (χ1n) is 15.2. The largest absolute Gasteiger partial charge is 0.471 e. The molecule has 0 aromatic carbocycles. The molecule has 0 radical (unpaired) electrons. The van der Waals surface area contributed by atoms with Crippen molar-refractivity contribution < 1.29 is 18.1 Å². The molecule has 4 nitrogen and oxygen atoms in total. The fourth-order valence-electron chi connectivity index (χ4n) is 4.93. The first-order chi connectivity index (χ1) is 25.2. The normalized spacial score (nSPS) is 23.8. The molecule has 27 unspecified atom stereocenters. The summed E-state index contributed by atoms with van der Waals surface area (Å²) in [5.41, 5.74) is 1.30. The molecule has 0 bridgehead atoms. The van der Waals surface area contributed by atoms with E-state index in [1.165, 1.54) is 5.57 Å². The Balaban J connectivity index is 3.89. The van der Waals surface area contributed by atoms with Gasteiger partial charge in [-0.1, -0.05) is 70.5 Å². The summed E-state index contributed by atoms with van der Waals surface area (Å²) in [4.78, 5) is 0. The van der Waals surface area contributed by atoms with E-state index in [2.05, 4.69) is 216 Å². The minimum absolute atomic E-state index is 0.0135. The van der Waals surface area contributed by atoms with Gasteiger partial charge in [0.1, 0.15) is 13.3 Å². The number of hydrogen-bond donors (Lipinski definition) is 0. The van der Waals surface area contributed by atoms with Crippen molar-refractivity contribution >= 4 is 285 Å². The van der Waals surface area contributed by atoms with Gasteiger partial charge in [0.15, 0.2) is 0 Å².